The van der Waals surface area contributed by atoms with Crippen molar-refractivity contribution in [2.75, 3.05) is 20.1 Å². The first kappa shape index (κ1) is 19.6. The molecule has 2 aromatic rings. The molecular weight excluding hydrogens is 354 g/mol. The van der Waals surface area contributed by atoms with Gasteiger partial charge in [0, 0.05) is 18.7 Å². The lowest BCUT2D eigenvalue weighted by atomic mass is 10.1. The molecule has 0 spiro atoms. The van der Waals surface area contributed by atoms with Gasteiger partial charge in [0.25, 0.3) is 5.91 Å². The number of sulfonamides is 1. The molecule has 0 fully saturated rings. The fourth-order valence-electron chi connectivity index (χ4n) is 2.23. The van der Waals surface area contributed by atoms with Crippen molar-refractivity contribution < 1.29 is 18.0 Å². The first-order chi connectivity index (χ1) is 12.4. The minimum absolute atomic E-state index is 0.0877. The summed E-state index contributed by atoms with van der Waals surface area (Å²) >= 11 is 0. The van der Waals surface area contributed by atoms with Gasteiger partial charge >= 0.3 is 0 Å². The van der Waals surface area contributed by atoms with Crippen LogP contribution in [0.4, 0.5) is 0 Å². The predicted octanol–water partition coefficient (Wildman–Crippen LogP) is 0.683. The number of carbonyl (C=O) groups is 2. The van der Waals surface area contributed by atoms with Gasteiger partial charge in [-0.2, -0.15) is 0 Å². The molecule has 0 atom stereocenters. The van der Waals surface area contributed by atoms with Gasteiger partial charge in [-0.05, 0) is 36.9 Å². The summed E-state index contributed by atoms with van der Waals surface area (Å²) < 4.78 is 25.5. The van der Waals surface area contributed by atoms with Crippen LogP contribution < -0.4 is 15.4 Å². The van der Waals surface area contributed by atoms with Crippen LogP contribution in [0.25, 0.3) is 0 Å². The van der Waals surface area contributed by atoms with Gasteiger partial charge in [-0.1, -0.05) is 30.3 Å². The van der Waals surface area contributed by atoms with Crippen molar-refractivity contribution in [3.8, 4) is 0 Å². The lowest BCUT2D eigenvalue weighted by Gasteiger charge is -2.08. The zero-order valence-electron chi connectivity index (χ0n) is 14.4. The number of hydrogen-bond donors (Lipinski definition) is 3. The van der Waals surface area contributed by atoms with Crippen LogP contribution >= 0.6 is 0 Å². The van der Waals surface area contributed by atoms with Crippen LogP contribution in [0.5, 0.6) is 0 Å². The Morgan fingerprint density at radius 1 is 0.885 bits per heavy atom. The molecular formula is C18H21N3O4S. The summed E-state index contributed by atoms with van der Waals surface area (Å²) in [7, 11) is -2.20. The highest BCUT2D eigenvalue weighted by atomic mass is 32.2. The minimum atomic E-state index is -3.53. The number of amides is 2. The van der Waals surface area contributed by atoms with Gasteiger partial charge in [-0.15, -0.1) is 0 Å². The molecule has 0 aliphatic carbocycles. The van der Waals surface area contributed by atoms with E-state index in [2.05, 4.69) is 15.4 Å². The van der Waals surface area contributed by atoms with E-state index in [1.54, 1.807) is 0 Å². The first-order valence-electron chi connectivity index (χ1n) is 8.05. The number of carbonyl (C=O) groups excluding carboxylic acids is 2. The van der Waals surface area contributed by atoms with Gasteiger partial charge < -0.3 is 10.6 Å². The van der Waals surface area contributed by atoms with E-state index in [9.17, 15) is 18.0 Å². The highest BCUT2D eigenvalue weighted by Gasteiger charge is 2.12. The molecule has 0 aromatic heterocycles. The molecule has 0 aliphatic rings. The van der Waals surface area contributed by atoms with E-state index in [1.807, 2.05) is 30.3 Å². The van der Waals surface area contributed by atoms with Crippen LogP contribution in [-0.4, -0.2) is 40.4 Å². The molecule has 2 rings (SSSR count). The summed E-state index contributed by atoms with van der Waals surface area (Å²) in [6, 6.07) is 15.0. The maximum Gasteiger partial charge on any atom is 0.251 e. The Hall–Kier alpha value is -2.71. The predicted molar refractivity (Wildman–Crippen MR) is 98.2 cm³/mol. The molecule has 0 saturated heterocycles. The Balaban J connectivity index is 1.76. The molecule has 0 radical (unpaired) electrons. The largest absolute Gasteiger partial charge is 0.354 e. The van der Waals surface area contributed by atoms with Crippen molar-refractivity contribution in [2.24, 2.45) is 0 Å². The van der Waals surface area contributed by atoms with Crippen LogP contribution in [0, 0.1) is 0 Å². The fourth-order valence-corrected chi connectivity index (χ4v) is 2.96. The monoisotopic (exact) mass is 375 g/mol. The Labute approximate surface area is 152 Å². The van der Waals surface area contributed by atoms with Crippen molar-refractivity contribution in [3.63, 3.8) is 0 Å². The van der Waals surface area contributed by atoms with Gasteiger partial charge in [0.05, 0.1) is 11.3 Å². The third-order valence-electron chi connectivity index (χ3n) is 3.64. The second-order valence-electron chi connectivity index (χ2n) is 5.50. The minimum Gasteiger partial charge on any atom is -0.354 e. The summed E-state index contributed by atoms with van der Waals surface area (Å²) in [5.41, 5.74) is 1.27. The molecule has 26 heavy (non-hydrogen) atoms. The van der Waals surface area contributed by atoms with E-state index in [0.717, 1.165) is 5.56 Å². The molecule has 2 aromatic carbocycles. The van der Waals surface area contributed by atoms with Crippen molar-refractivity contribution in [1.82, 2.24) is 15.4 Å². The molecule has 0 heterocycles. The maximum absolute atomic E-state index is 12.0. The van der Waals surface area contributed by atoms with Crippen LogP contribution in [0.15, 0.2) is 59.5 Å². The van der Waals surface area contributed by atoms with E-state index >= 15 is 0 Å². The zero-order chi connectivity index (χ0) is 19.0. The van der Waals surface area contributed by atoms with E-state index in [1.165, 1.54) is 31.3 Å². The van der Waals surface area contributed by atoms with Gasteiger partial charge in [0.2, 0.25) is 15.9 Å². The van der Waals surface area contributed by atoms with E-state index < -0.39 is 10.0 Å². The lowest BCUT2D eigenvalue weighted by molar-refractivity contribution is -0.120. The first-order valence-corrected chi connectivity index (χ1v) is 9.53. The van der Waals surface area contributed by atoms with Crippen LogP contribution in [0.3, 0.4) is 0 Å². The Bertz CT molecular complexity index is 850. The third-order valence-corrected chi connectivity index (χ3v) is 5.07. The zero-order valence-corrected chi connectivity index (χ0v) is 15.2. The highest BCUT2D eigenvalue weighted by molar-refractivity contribution is 7.89. The highest BCUT2D eigenvalue weighted by Crippen LogP contribution is 2.09. The molecule has 7 nitrogen and oxygen atoms in total. The topological polar surface area (TPSA) is 104 Å². The third kappa shape index (κ3) is 5.68. The quantitative estimate of drug-likeness (QED) is 0.590. The average Bonchev–Trinajstić information content (AvgIpc) is 2.66. The van der Waals surface area contributed by atoms with Gasteiger partial charge in [0.15, 0.2) is 0 Å². The van der Waals surface area contributed by atoms with E-state index in [0.29, 0.717) is 12.1 Å². The van der Waals surface area contributed by atoms with Crippen molar-refractivity contribution in [2.45, 2.75) is 11.3 Å². The van der Waals surface area contributed by atoms with Crippen molar-refractivity contribution in [1.29, 1.82) is 0 Å². The summed E-state index contributed by atoms with van der Waals surface area (Å²) in [5, 5.41) is 5.40. The molecule has 138 valence electrons. The fraction of sp³-hybridized carbons (Fsp3) is 0.222. The van der Waals surface area contributed by atoms with E-state index in [-0.39, 0.29) is 29.7 Å². The molecule has 8 heteroatoms. The normalized spacial score (nSPS) is 11.0. The molecule has 0 unspecified atom stereocenters. The number of benzene rings is 2. The maximum atomic E-state index is 12.0. The summed E-state index contributed by atoms with van der Waals surface area (Å²) in [6.07, 6.45) is 0.288. The smallest absolute Gasteiger partial charge is 0.251 e. The number of nitrogens with one attached hydrogen (secondary N) is 3. The SMILES string of the molecule is CNS(=O)(=O)c1ccc(C(=O)NCCNC(=O)Cc2ccccc2)cc1. The Kier molecular flexibility index (Phi) is 6.88. The molecule has 3 N–H and O–H groups in total. The van der Waals surface area contributed by atoms with Gasteiger partial charge in [-0.25, -0.2) is 13.1 Å². The van der Waals surface area contributed by atoms with Gasteiger partial charge in [0.1, 0.15) is 0 Å². The Morgan fingerprint density at radius 3 is 2.12 bits per heavy atom. The summed E-state index contributed by atoms with van der Waals surface area (Å²) in [4.78, 5) is 23.9. The van der Waals surface area contributed by atoms with Gasteiger partial charge in [-0.3, -0.25) is 9.59 Å². The molecule has 0 aliphatic heterocycles. The average molecular weight is 375 g/mol. The van der Waals surface area contributed by atoms with Crippen LogP contribution in [0.1, 0.15) is 15.9 Å². The molecule has 0 saturated carbocycles. The summed E-state index contributed by atoms with van der Waals surface area (Å²) in [6.45, 7) is 0.583. The van der Waals surface area contributed by atoms with E-state index in [4.69, 9.17) is 0 Å². The molecule has 2 amide bonds. The van der Waals surface area contributed by atoms with Crippen molar-refractivity contribution >= 4 is 21.8 Å². The van der Waals surface area contributed by atoms with Crippen molar-refractivity contribution in [3.05, 3.63) is 65.7 Å². The lowest BCUT2D eigenvalue weighted by Crippen LogP contribution is -2.35. The second-order valence-corrected chi connectivity index (χ2v) is 7.39. The summed E-state index contributed by atoms with van der Waals surface area (Å²) in [5.74, 6) is -0.456. The molecule has 0 bridgehead atoms. The standard InChI is InChI=1S/C18H21N3O4S/c1-19-26(24,25)16-9-7-15(8-10-16)18(23)21-12-11-20-17(22)13-14-5-3-2-4-6-14/h2-10,19H,11-13H2,1H3,(H,20,22)(H,21,23). The van der Waals surface area contributed by atoms with Crippen LogP contribution in [0.2, 0.25) is 0 Å². The number of hydrogen-bond acceptors (Lipinski definition) is 4. The Morgan fingerprint density at radius 2 is 1.50 bits per heavy atom. The van der Waals surface area contributed by atoms with Crippen LogP contribution in [-0.2, 0) is 21.2 Å². The number of rotatable bonds is 8. The second kappa shape index (κ2) is 9.12.